The zero-order chi connectivity index (χ0) is 18.2. The molecule has 4 nitrogen and oxygen atoms in total. The fourth-order valence-corrected chi connectivity index (χ4v) is 4.12. The molecule has 0 atom stereocenters. The van der Waals surface area contributed by atoms with Gasteiger partial charge in [-0.15, -0.1) is 0 Å². The lowest BCUT2D eigenvalue weighted by Crippen LogP contribution is -2.27. The second-order valence-electron chi connectivity index (χ2n) is 6.90. The largest absolute Gasteiger partial charge is 0.494 e. The maximum Gasteiger partial charge on any atom is 0.119 e. The molecule has 2 aromatic carbocycles. The van der Waals surface area contributed by atoms with Crippen molar-refractivity contribution in [1.82, 2.24) is 5.32 Å². The van der Waals surface area contributed by atoms with Gasteiger partial charge in [0.1, 0.15) is 5.75 Å². The lowest BCUT2D eigenvalue weighted by Gasteiger charge is -2.22. The van der Waals surface area contributed by atoms with Crippen LogP contribution in [0.1, 0.15) is 32.1 Å². The maximum atomic E-state index is 5.88. The molecule has 26 heavy (non-hydrogen) atoms. The Kier molecular flexibility index (Phi) is 7.09. The molecule has 0 unspecified atom stereocenters. The van der Waals surface area contributed by atoms with Crippen molar-refractivity contribution in [2.24, 2.45) is 5.92 Å². The van der Waals surface area contributed by atoms with Gasteiger partial charge >= 0.3 is 0 Å². The van der Waals surface area contributed by atoms with Crippen LogP contribution in [0.3, 0.4) is 0 Å². The summed E-state index contributed by atoms with van der Waals surface area (Å²) in [7, 11) is 0. The van der Waals surface area contributed by atoms with E-state index in [4.69, 9.17) is 16.2 Å². The van der Waals surface area contributed by atoms with Crippen molar-refractivity contribution in [1.29, 1.82) is 0 Å². The van der Waals surface area contributed by atoms with Gasteiger partial charge in [-0.2, -0.15) is 0 Å². The van der Waals surface area contributed by atoms with Crippen LogP contribution in [0.4, 0.5) is 11.4 Å². The van der Waals surface area contributed by atoms with E-state index < -0.39 is 0 Å². The summed E-state index contributed by atoms with van der Waals surface area (Å²) in [5.74, 6) is 1.85. The Morgan fingerprint density at radius 3 is 2.38 bits per heavy atom. The van der Waals surface area contributed by atoms with E-state index in [1.54, 1.807) is 11.8 Å². The van der Waals surface area contributed by atoms with Crippen LogP contribution in [0.25, 0.3) is 0 Å². The van der Waals surface area contributed by atoms with Crippen LogP contribution in [0.5, 0.6) is 5.75 Å². The molecule has 140 valence electrons. The first-order valence-corrected chi connectivity index (χ1v) is 10.3. The monoisotopic (exact) mass is 371 g/mol. The average molecular weight is 372 g/mol. The third-order valence-corrected chi connectivity index (χ3v) is 5.85. The Morgan fingerprint density at radius 2 is 1.65 bits per heavy atom. The van der Waals surface area contributed by atoms with E-state index in [2.05, 4.69) is 17.4 Å². The Balaban J connectivity index is 1.37. The van der Waals surface area contributed by atoms with E-state index in [0.29, 0.717) is 11.4 Å². The van der Waals surface area contributed by atoms with Crippen LogP contribution in [-0.2, 0) is 0 Å². The number of piperidine rings is 1. The number of nitrogens with one attached hydrogen (secondary N) is 1. The van der Waals surface area contributed by atoms with Gasteiger partial charge in [-0.1, -0.05) is 18.2 Å². The standard InChI is InChI=1S/C21H29N3OS/c22-20-9-8-19(15-21(20)23)26-18-6-4-17(5-7-18)25-14-2-1-3-16-10-12-24-13-11-16/h4-9,15-16,24H,1-3,10-14,22-23H2. The molecule has 0 amide bonds. The molecular formula is C21H29N3OS. The number of benzene rings is 2. The first kappa shape index (κ1) is 18.9. The molecule has 1 aliphatic heterocycles. The maximum absolute atomic E-state index is 5.88. The summed E-state index contributed by atoms with van der Waals surface area (Å²) >= 11 is 1.67. The van der Waals surface area contributed by atoms with Gasteiger partial charge in [0.25, 0.3) is 0 Å². The summed E-state index contributed by atoms with van der Waals surface area (Å²) in [6, 6.07) is 14.0. The van der Waals surface area contributed by atoms with Gasteiger partial charge in [0, 0.05) is 9.79 Å². The SMILES string of the molecule is Nc1ccc(Sc2ccc(OCCCCC3CCNCC3)cc2)cc1N. The van der Waals surface area contributed by atoms with Gasteiger partial charge in [-0.05, 0) is 87.2 Å². The smallest absolute Gasteiger partial charge is 0.119 e. The van der Waals surface area contributed by atoms with Gasteiger partial charge in [-0.3, -0.25) is 0 Å². The molecular weight excluding hydrogens is 342 g/mol. The molecule has 0 bridgehead atoms. The van der Waals surface area contributed by atoms with Gasteiger partial charge < -0.3 is 21.5 Å². The minimum absolute atomic E-state index is 0.623. The van der Waals surface area contributed by atoms with Crippen molar-refractivity contribution in [2.75, 3.05) is 31.2 Å². The normalized spacial score (nSPS) is 15.1. The van der Waals surface area contributed by atoms with Crippen LogP contribution in [0.2, 0.25) is 0 Å². The second-order valence-corrected chi connectivity index (χ2v) is 8.05. The van der Waals surface area contributed by atoms with E-state index in [1.807, 2.05) is 30.3 Å². The number of nitrogens with two attached hydrogens (primary N) is 2. The molecule has 1 fully saturated rings. The Morgan fingerprint density at radius 1 is 0.923 bits per heavy atom. The highest BCUT2D eigenvalue weighted by Crippen LogP contribution is 2.31. The van der Waals surface area contributed by atoms with Gasteiger partial charge in [0.05, 0.1) is 18.0 Å². The van der Waals surface area contributed by atoms with Gasteiger partial charge in [-0.25, -0.2) is 0 Å². The molecule has 0 aromatic heterocycles. The number of hydrogen-bond acceptors (Lipinski definition) is 5. The van der Waals surface area contributed by atoms with E-state index in [1.165, 1.54) is 38.8 Å². The van der Waals surface area contributed by atoms with Crippen molar-refractivity contribution in [3.8, 4) is 5.75 Å². The highest BCUT2D eigenvalue weighted by Gasteiger charge is 2.12. The Hall–Kier alpha value is -1.85. The molecule has 1 saturated heterocycles. The number of rotatable bonds is 8. The number of anilines is 2. The molecule has 1 aliphatic rings. The molecule has 3 rings (SSSR count). The Labute approximate surface area is 160 Å². The summed E-state index contributed by atoms with van der Waals surface area (Å²) in [4.78, 5) is 2.25. The van der Waals surface area contributed by atoms with E-state index >= 15 is 0 Å². The van der Waals surface area contributed by atoms with E-state index in [9.17, 15) is 0 Å². The van der Waals surface area contributed by atoms with Crippen molar-refractivity contribution < 1.29 is 4.74 Å². The number of unbranched alkanes of at least 4 members (excludes halogenated alkanes) is 1. The van der Waals surface area contributed by atoms with Gasteiger partial charge in [0.2, 0.25) is 0 Å². The van der Waals surface area contributed by atoms with Gasteiger partial charge in [0.15, 0.2) is 0 Å². The Bertz CT molecular complexity index is 684. The molecule has 2 aromatic rings. The highest BCUT2D eigenvalue weighted by atomic mass is 32.2. The summed E-state index contributed by atoms with van der Waals surface area (Å²) in [5, 5.41) is 3.42. The molecule has 0 spiro atoms. The zero-order valence-electron chi connectivity index (χ0n) is 15.2. The minimum atomic E-state index is 0.623. The van der Waals surface area contributed by atoms with Crippen molar-refractivity contribution in [3.63, 3.8) is 0 Å². The fourth-order valence-electron chi connectivity index (χ4n) is 3.25. The minimum Gasteiger partial charge on any atom is -0.494 e. The summed E-state index contributed by atoms with van der Waals surface area (Å²) in [5.41, 5.74) is 12.9. The molecule has 1 heterocycles. The first-order chi connectivity index (χ1) is 12.7. The number of nitrogen functional groups attached to an aromatic ring is 2. The quantitative estimate of drug-likeness (QED) is 0.469. The third kappa shape index (κ3) is 5.85. The van der Waals surface area contributed by atoms with Crippen LogP contribution in [0, 0.1) is 5.92 Å². The number of hydrogen-bond donors (Lipinski definition) is 3. The second kappa shape index (κ2) is 9.74. The third-order valence-electron chi connectivity index (χ3n) is 4.85. The fraction of sp³-hybridized carbons (Fsp3) is 0.429. The van der Waals surface area contributed by atoms with Crippen LogP contribution in [0.15, 0.2) is 52.3 Å². The lowest BCUT2D eigenvalue weighted by atomic mass is 9.93. The summed E-state index contributed by atoms with van der Waals surface area (Å²) in [6.07, 6.45) is 6.40. The predicted octanol–water partition coefficient (Wildman–Crippen LogP) is 4.55. The van der Waals surface area contributed by atoms with Crippen LogP contribution in [-0.4, -0.2) is 19.7 Å². The molecule has 0 saturated carbocycles. The van der Waals surface area contributed by atoms with Crippen LogP contribution < -0.4 is 21.5 Å². The molecule has 5 N–H and O–H groups in total. The van der Waals surface area contributed by atoms with Crippen LogP contribution >= 0.6 is 11.8 Å². The molecule has 0 radical (unpaired) electrons. The first-order valence-electron chi connectivity index (χ1n) is 9.47. The average Bonchev–Trinajstić information content (AvgIpc) is 2.67. The molecule has 0 aliphatic carbocycles. The van der Waals surface area contributed by atoms with Crippen molar-refractivity contribution in [3.05, 3.63) is 42.5 Å². The highest BCUT2D eigenvalue weighted by molar-refractivity contribution is 7.99. The van der Waals surface area contributed by atoms with E-state index in [0.717, 1.165) is 34.5 Å². The lowest BCUT2D eigenvalue weighted by molar-refractivity contribution is 0.287. The molecule has 5 heteroatoms. The topological polar surface area (TPSA) is 73.3 Å². The predicted molar refractivity (Wildman–Crippen MR) is 111 cm³/mol. The van der Waals surface area contributed by atoms with E-state index in [-0.39, 0.29) is 0 Å². The van der Waals surface area contributed by atoms with Crippen molar-refractivity contribution >= 4 is 23.1 Å². The summed E-state index contributed by atoms with van der Waals surface area (Å²) in [6.45, 7) is 3.18. The number of ether oxygens (including phenoxy) is 1. The summed E-state index contributed by atoms with van der Waals surface area (Å²) < 4.78 is 5.88. The van der Waals surface area contributed by atoms with Crippen molar-refractivity contribution in [2.45, 2.75) is 41.9 Å². The zero-order valence-corrected chi connectivity index (χ0v) is 16.1.